The molecule has 0 amide bonds. The second kappa shape index (κ2) is 15.7. The minimum absolute atomic E-state index is 0.0317. The highest BCUT2D eigenvalue weighted by Crippen LogP contribution is 2.22. The third-order valence-electron chi connectivity index (χ3n) is 5.62. The first-order chi connectivity index (χ1) is 16.8. The Morgan fingerprint density at radius 3 is 2.46 bits per heavy atom. The van der Waals surface area contributed by atoms with Crippen LogP contribution in [0, 0.1) is 0 Å². The average Bonchev–Trinajstić information content (AvgIpc) is 2.83. The molecule has 35 heavy (non-hydrogen) atoms. The maximum absolute atomic E-state index is 11.8. The number of aliphatic hydroxyl groups excluding tert-OH is 2. The molecule has 2 aromatic rings. The molecule has 2 rings (SSSR count). The van der Waals surface area contributed by atoms with Gasteiger partial charge in [0.1, 0.15) is 5.75 Å². The van der Waals surface area contributed by atoms with Crippen LogP contribution in [0.1, 0.15) is 61.8 Å². The molecule has 1 atom stereocenters. The number of nitrogens with one attached hydrogen (secondary N) is 2. The lowest BCUT2D eigenvalue weighted by molar-refractivity contribution is 0.133. The fourth-order valence-electron chi connectivity index (χ4n) is 3.63. The molecule has 0 spiro atoms. The van der Waals surface area contributed by atoms with Gasteiger partial charge < -0.3 is 25.4 Å². The monoisotopic (exact) mass is 508 g/mol. The van der Waals surface area contributed by atoms with Gasteiger partial charge in [-0.1, -0.05) is 38.0 Å². The van der Waals surface area contributed by atoms with Gasteiger partial charge in [0.2, 0.25) is 10.0 Å². The molecular formula is C26H40N2O6S. The number of hydrogen-bond acceptors (Lipinski definition) is 7. The lowest BCUT2D eigenvalue weighted by atomic mass is 10.1. The highest BCUT2D eigenvalue weighted by atomic mass is 32.2. The van der Waals surface area contributed by atoms with Gasteiger partial charge in [-0.3, -0.25) is 4.72 Å². The predicted octanol–water partition coefficient (Wildman–Crippen LogP) is 3.48. The minimum atomic E-state index is -3.26. The molecule has 0 radical (unpaired) electrons. The Morgan fingerprint density at radius 2 is 1.74 bits per heavy atom. The van der Waals surface area contributed by atoms with Crippen LogP contribution in [0.4, 0.5) is 5.69 Å². The molecule has 1 unspecified atom stereocenters. The lowest BCUT2D eigenvalue weighted by Crippen LogP contribution is -2.22. The molecular weight excluding hydrogens is 468 g/mol. The number of benzene rings is 2. The van der Waals surface area contributed by atoms with E-state index in [-0.39, 0.29) is 18.1 Å². The van der Waals surface area contributed by atoms with E-state index in [9.17, 15) is 23.7 Å². The first-order valence-corrected chi connectivity index (χ1v) is 14.0. The zero-order chi connectivity index (χ0) is 25.5. The Hall–Kier alpha value is -2.17. The van der Waals surface area contributed by atoms with Crippen molar-refractivity contribution < 1.29 is 28.5 Å². The molecule has 2 aromatic carbocycles. The smallest absolute Gasteiger partial charge is 0.232 e. The number of sulfonamides is 1. The molecule has 0 saturated heterocycles. The highest BCUT2D eigenvalue weighted by molar-refractivity contribution is 7.92. The zero-order valence-electron chi connectivity index (χ0n) is 20.6. The van der Waals surface area contributed by atoms with Gasteiger partial charge >= 0.3 is 0 Å². The summed E-state index contributed by atoms with van der Waals surface area (Å²) in [6.07, 6.45) is 4.85. The van der Waals surface area contributed by atoms with Crippen molar-refractivity contribution in [1.29, 1.82) is 0 Å². The summed E-state index contributed by atoms with van der Waals surface area (Å²) in [5, 5.41) is 32.3. The topological polar surface area (TPSA) is 128 Å². The van der Waals surface area contributed by atoms with E-state index in [4.69, 9.17) is 4.74 Å². The van der Waals surface area contributed by atoms with Gasteiger partial charge in [0.15, 0.2) is 0 Å². The third kappa shape index (κ3) is 11.4. The molecule has 0 saturated carbocycles. The Labute approximate surface area is 209 Å². The van der Waals surface area contributed by atoms with Crippen molar-refractivity contribution in [3.8, 4) is 5.75 Å². The summed E-state index contributed by atoms with van der Waals surface area (Å²) in [7, 11) is -3.26. The molecule has 5 N–H and O–H groups in total. The van der Waals surface area contributed by atoms with Crippen LogP contribution in [0.2, 0.25) is 0 Å². The SMILES string of the molecule is CCCS(=O)(=O)Nc1ccc(CCOCCCCCCNCC(O)c2ccc(O)c(CO)c2)cc1. The summed E-state index contributed by atoms with van der Waals surface area (Å²) in [5.74, 6) is 0.153. The van der Waals surface area contributed by atoms with Crippen LogP contribution in [-0.4, -0.2) is 55.8 Å². The highest BCUT2D eigenvalue weighted by Gasteiger charge is 2.10. The number of aromatic hydroxyl groups is 1. The van der Waals surface area contributed by atoms with Gasteiger partial charge in [-0.2, -0.15) is 0 Å². The molecule has 0 fully saturated rings. The van der Waals surface area contributed by atoms with Gasteiger partial charge in [-0.25, -0.2) is 8.42 Å². The number of unbranched alkanes of at least 4 members (excludes halogenated alkanes) is 3. The maximum Gasteiger partial charge on any atom is 0.232 e. The predicted molar refractivity (Wildman–Crippen MR) is 139 cm³/mol. The van der Waals surface area contributed by atoms with E-state index in [1.54, 1.807) is 24.3 Å². The summed E-state index contributed by atoms with van der Waals surface area (Å²) in [5.41, 5.74) is 2.78. The van der Waals surface area contributed by atoms with Crippen LogP contribution >= 0.6 is 0 Å². The normalized spacial score (nSPS) is 12.5. The molecule has 0 aromatic heterocycles. The van der Waals surface area contributed by atoms with E-state index in [2.05, 4.69) is 10.0 Å². The standard InChI is InChI=1S/C26H40N2O6S/c1-2-17-35(32,33)28-24-10-7-21(8-11-24)13-16-34-15-6-4-3-5-14-27-19-26(31)22-9-12-25(30)23(18-22)20-29/h7-12,18,26-31H,2-6,13-17,19-20H2,1H3. The number of anilines is 1. The molecule has 0 bridgehead atoms. The van der Waals surface area contributed by atoms with Gasteiger partial charge in [0, 0.05) is 24.4 Å². The summed E-state index contributed by atoms with van der Waals surface area (Å²) >= 11 is 0. The van der Waals surface area contributed by atoms with Crippen molar-refractivity contribution in [2.24, 2.45) is 0 Å². The molecule has 0 heterocycles. The Bertz CT molecular complexity index is 966. The van der Waals surface area contributed by atoms with Crippen LogP contribution in [-0.2, 0) is 27.8 Å². The van der Waals surface area contributed by atoms with Crippen LogP contribution in [0.5, 0.6) is 5.75 Å². The Kier molecular flexibility index (Phi) is 13.1. The van der Waals surface area contributed by atoms with Gasteiger partial charge in [-0.15, -0.1) is 0 Å². The average molecular weight is 509 g/mol. The maximum atomic E-state index is 11.8. The van der Waals surface area contributed by atoms with Crippen LogP contribution in [0.25, 0.3) is 0 Å². The van der Waals surface area contributed by atoms with E-state index < -0.39 is 16.1 Å². The largest absolute Gasteiger partial charge is 0.508 e. The van der Waals surface area contributed by atoms with Gasteiger partial charge in [0.25, 0.3) is 0 Å². The summed E-state index contributed by atoms with van der Waals surface area (Å²) in [6, 6.07) is 12.2. The van der Waals surface area contributed by atoms with Gasteiger partial charge in [-0.05, 0) is 67.6 Å². The zero-order valence-corrected chi connectivity index (χ0v) is 21.4. The Balaban J connectivity index is 1.47. The van der Waals surface area contributed by atoms with E-state index in [0.29, 0.717) is 36.4 Å². The lowest BCUT2D eigenvalue weighted by Gasteiger charge is -2.14. The second-order valence-electron chi connectivity index (χ2n) is 8.66. The fourth-order valence-corrected chi connectivity index (χ4v) is 4.77. The van der Waals surface area contributed by atoms with Crippen LogP contribution < -0.4 is 10.0 Å². The van der Waals surface area contributed by atoms with Crippen molar-refractivity contribution in [3.63, 3.8) is 0 Å². The molecule has 9 heteroatoms. The first kappa shape index (κ1) is 29.1. The fraction of sp³-hybridized carbons (Fsp3) is 0.538. The number of phenols is 1. The number of rotatable bonds is 18. The number of hydrogen-bond donors (Lipinski definition) is 5. The van der Waals surface area contributed by atoms with Crippen molar-refractivity contribution >= 4 is 15.7 Å². The van der Waals surface area contributed by atoms with Crippen molar-refractivity contribution in [1.82, 2.24) is 5.32 Å². The van der Waals surface area contributed by atoms with Crippen molar-refractivity contribution in [3.05, 3.63) is 59.2 Å². The summed E-state index contributed by atoms with van der Waals surface area (Å²) in [4.78, 5) is 0. The Morgan fingerprint density at radius 1 is 1.00 bits per heavy atom. The number of ether oxygens (including phenoxy) is 1. The quantitative estimate of drug-likeness (QED) is 0.195. The van der Waals surface area contributed by atoms with E-state index in [1.165, 1.54) is 6.07 Å². The van der Waals surface area contributed by atoms with Gasteiger partial charge in [0.05, 0.1) is 25.1 Å². The summed E-state index contributed by atoms with van der Waals surface area (Å²) in [6.45, 7) is 4.16. The van der Waals surface area contributed by atoms with Crippen molar-refractivity contribution in [2.75, 3.05) is 36.8 Å². The molecule has 196 valence electrons. The van der Waals surface area contributed by atoms with Crippen LogP contribution in [0.15, 0.2) is 42.5 Å². The molecule has 8 nitrogen and oxygen atoms in total. The van der Waals surface area contributed by atoms with E-state index in [1.807, 2.05) is 19.1 Å². The minimum Gasteiger partial charge on any atom is -0.508 e. The molecule has 0 aliphatic heterocycles. The molecule has 0 aliphatic rings. The van der Waals surface area contributed by atoms with E-state index >= 15 is 0 Å². The molecule has 0 aliphatic carbocycles. The second-order valence-corrected chi connectivity index (χ2v) is 10.5. The first-order valence-electron chi connectivity index (χ1n) is 12.3. The summed E-state index contributed by atoms with van der Waals surface area (Å²) < 4.78 is 31.9. The van der Waals surface area contributed by atoms with Crippen LogP contribution in [0.3, 0.4) is 0 Å². The third-order valence-corrected chi connectivity index (χ3v) is 7.12. The number of aliphatic hydroxyl groups is 2. The van der Waals surface area contributed by atoms with Crippen molar-refractivity contribution in [2.45, 2.75) is 58.2 Å². The van der Waals surface area contributed by atoms with E-state index in [0.717, 1.165) is 50.8 Å².